The molecule has 0 bridgehead atoms. The Bertz CT molecular complexity index is 1670. The Kier molecular flexibility index (Phi) is 8.00. The predicted molar refractivity (Wildman–Crippen MR) is 160 cm³/mol. The SMILES string of the molecule is COc1cc([C@H]2C(=C(O)c3ccc4c(c3)OCCO4)C(=O)C(=O)N2CCc2ccccc2)ccc1OCc1ccccc1. The number of nitrogens with zero attached hydrogens (tertiary/aromatic N) is 1. The van der Waals surface area contributed by atoms with Crippen LogP contribution in [0.5, 0.6) is 23.0 Å². The van der Waals surface area contributed by atoms with Gasteiger partial charge < -0.3 is 29.0 Å². The van der Waals surface area contributed by atoms with E-state index in [-0.39, 0.29) is 17.9 Å². The van der Waals surface area contributed by atoms with Gasteiger partial charge in [-0.1, -0.05) is 66.7 Å². The van der Waals surface area contributed by atoms with Gasteiger partial charge in [-0.15, -0.1) is 0 Å². The smallest absolute Gasteiger partial charge is 0.295 e. The lowest BCUT2D eigenvalue weighted by atomic mass is 9.94. The summed E-state index contributed by atoms with van der Waals surface area (Å²) in [5.74, 6) is 0.262. The fourth-order valence-corrected chi connectivity index (χ4v) is 5.41. The van der Waals surface area contributed by atoms with E-state index in [0.29, 0.717) is 60.4 Å². The fraction of sp³-hybridized carbons (Fsp3) is 0.200. The van der Waals surface area contributed by atoms with Gasteiger partial charge in [-0.2, -0.15) is 0 Å². The van der Waals surface area contributed by atoms with Gasteiger partial charge in [0, 0.05) is 12.1 Å². The zero-order valence-electron chi connectivity index (χ0n) is 23.7. The maximum absolute atomic E-state index is 13.6. The van der Waals surface area contributed by atoms with Gasteiger partial charge >= 0.3 is 0 Å². The first-order valence-electron chi connectivity index (χ1n) is 14.1. The molecule has 1 saturated heterocycles. The molecule has 0 spiro atoms. The van der Waals surface area contributed by atoms with Gasteiger partial charge in [0.2, 0.25) is 0 Å². The minimum atomic E-state index is -0.853. The summed E-state index contributed by atoms with van der Waals surface area (Å²) in [7, 11) is 1.54. The Hall–Kier alpha value is -5.24. The number of carbonyl (C=O) groups excluding carboxylic acids is 2. The number of aliphatic hydroxyl groups excluding tert-OH is 1. The van der Waals surface area contributed by atoms with E-state index in [1.165, 1.54) is 12.0 Å². The second kappa shape index (κ2) is 12.3. The molecule has 2 aliphatic heterocycles. The van der Waals surface area contributed by atoms with E-state index in [4.69, 9.17) is 18.9 Å². The summed E-state index contributed by atoms with van der Waals surface area (Å²) in [5, 5.41) is 11.6. The molecule has 6 rings (SSSR count). The molecule has 1 N–H and O–H groups in total. The topological polar surface area (TPSA) is 94.5 Å². The summed E-state index contributed by atoms with van der Waals surface area (Å²) >= 11 is 0. The first-order valence-corrected chi connectivity index (χ1v) is 14.1. The quantitative estimate of drug-likeness (QED) is 0.155. The van der Waals surface area contributed by atoms with E-state index in [0.717, 1.165) is 11.1 Å². The third kappa shape index (κ3) is 5.77. The molecule has 43 heavy (non-hydrogen) atoms. The molecule has 0 radical (unpaired) electrons. The number of rotatable bonds is 9. The van der Waals surface area contributed by atoms with Crippen molar-refractivity contribution in [3.63, 3.8) is 0 Å². The van der Waals surface area contributed by atoms with Crippen molar-refractivity contribution >= 4 is 17.4 Å². The van der Waals surface area contributed by atoms with Crippen LogP contribution in [0, 0.1) is 0 Å². The average Bonchev–Trinajstić information content (AvgIpc) is 3.31. The van der Waals surface area contributed by atoms with Crippen LogP contribution < -0.4 is 18.9 Å². The summed E-state index contributed by atoms with van der Waals surface area (Å²) in [6.45, 7) is 1.42. The predicted octanol–water partition coefficient (Wildman–Crippen LogP) is 5.71. The van der Waals surface area contributed by atoms with Crippen LogP contribution in [0.2, 0.25) is 0 Å². The molecule has 1 fully saturated rings. The first kappa shape index (κ1) is 27.9. The van der Waals surface area contributed by atoms with E-state index >= 15 is 0 Å². The lowest BCUT2D eigenvalue weighted by molar-refractivity contribution is -0.139. The van der Waals surface area contributed by atoms with E-state index < -0.39 is 17.7 Å². The zero-order chi connectivity index (χ0) is 29.8. The van der Waals surface area contributed by atoms with Gasteiger partial charge in [-0.05, 0) is 53.4 Å². The summed E-state index contributed by atoms with van der Waals surface area (Å²) in [4.78, 5) is 28.6. The first-order chi connectivity index (χ1) is 21.0. The average molecular weight is 578 g/mol. The number of ether oxygens (including phenoxy) is 4. The van der Waals surface area contributed by atoms with Gasteiger partial charge in [0.05, 0.1) is 18.7 Å². The Morgan fingerprint density at radius 2 is 1.53 bits per heavy atom. The molecule has 4 aromatic carbocycles. The molecule has 1 amide bonds. The van der Waals surface area contributed by atoms with Gasteiger partial charge in [0.15, 0.2) is 23.0 Å². The molecule has 2 heterocycles. The molecule has 0 aliphatic carbocycles. The second-order valence-electron chi connectivity index (χ2n) is 10.3. The number of likely N-dealkylation sites (tertiary alicyclic amines) is 1. The lowest BCUT2D eigenvalue weighted by Gasteiger charge is -2.26. The lowest BCUT2D eigenvalue weighted by Crippen LogP contribution is -2.31. The number of ketones is 1. The molecule has 2 aliphatic rings. The minimum absolute atomic E-state index is 0.00486. The van der Waals surface area contributed by atoms with Crippen molar-refractivity contribution < 1.29 is 33.6 Å². The fourth-order valence-electron chi connectivity index (χ4n) is 5.41. The highest BCUT2D eigenvalue weighted by atomic mass is 16.6. The largest absolute Gasteiger partial charge is 0.507 e. The van der Waals surface area contributed by atoms with E-state index in [1.807, 2.05) is 60.7 Å². The Balaban J connectivity index is 1.39. The van der Waals surface area contributed by atoms with Crippen molar-refractivity contribution in [1.29, 1.82) is 0 Å². The molecule has 0 unspecified atom stereocenters. The third-order valence-corrected chi connectivity index (χ3v) is 7.58. The van der Waals surface area contributed by atoms with Crippen LogP contribution in [0.1, 0.15) is 28.3 Å². The molecule has 1 atom stereocenters. The number of fused-ring (bicyclic) bond motifs is 1. The van der Waals surface area contributed by atoms with Crippen LogP contribution in [0.4, 0.5) is 0 Å². The van der Waals surface area contributed by atoms with Gasteiger partial charge in [0.1, 0.15) is 25.6 Å². The molecular formula is C35H31NO7. The number of methoxy groups -OCH3 is 1. The summed E-state index contributed by atoms with van der Waals surface area (Å²) < 4.78 is 23.0. The number of amides is 1. The molecule has 218 valence electrons. The number of benzene rings is 4. The van der Waals surface area contributed by atoms with Crippen molar-refractivity contribution in [3.05, 3.63) is 125 Å². The van der Waals surface area contributed by atoms with Crippen LogP contribution >= 0.6 is 0 Å². The number of Topliss-reactive ketones (excluding diaryl/α,β-unsaturated/α-hetero) is 1. The molecule has 0 aromatic heterocycles. The minimum Gasteiger partial charge on any atom is -0.507 e. The number of carbonyl (C=O) groups is 2. The second-order valence-corrected chi connectivity index (χ2v) is 10.3. The van der Waals surface area contributed by atoms with E-state index in [1.54, 1.807) is 36.4 Å². The van der Waals surface area contributed by atoms with Crippen molar-refractivity contribution in [2.24, 2.45) is 0 Å². The van der Waals surface area contributed by atoms with E-state index in [9.17, 15) is 14.7 Å². The van der Waals surface area contributed by atoms with Crippen molar-refractivity contribution in [1.82, 2.24) is 4.90 Å². The Morgan fingerprint density at radius 1 is 0.837 bits per heavy atom. The van der Waals surface area contributed by atoms with Crippen LogP contribution in [-0.2, 0) is 22.6 Å². The highest BCUT2D eigenvalue weighted by molar-refractivity contribution is 6.46. The van der Waals surface area contributed by atoms with Crippen molar-refractivity contribution in [3.8, 4) is 23.0 Å². The number of hydrogen-bond donors (Lipinski definition) is 1. The third-order valence-electron chi connectivity index (χ3n) is 7.58. The maximum Gasteiger partial charge on any atom is 0.295 e. The summed E-state index contributed by atoms with van der Waals surface area (Å²) in [6.07, 6.45) is 0.532. The monoisotopic (exact) mass is 577 g/mol. The highest BCUT2D eigenvalue weighted by Gasteiger charge is 2.46. The van der Waals surface area contributed by atoms with E-state index in [2.05, 4.69) is 0 Å². The van der Waals surface area contributed by atoms with Gasteiger partial charge in [-0.25, -0.2) is 0 Å². The highest BCUT2D eigenvalue weighted by Crippen LogP contribution is 2.43. The normalized spacial score (nSPS) is 17.1. The summed E-state index contributed by atoms with van der Waals surface area (Å²) in [6, 6.07) is 28.9. The zero-order valence-corrected chi connectivity index (χ0v) is 23.7. The Labute approximate surface area is 249 Å². The number of hydrogen-bond acceptors (Lipinski definition) is 7. The van der Waals surface area contributed by atoms with Crippen LogP contribution in [0.3, 0.4) is 0 Å². The molecule has 8 nitrogen and oxygen atoms in total. The molecule has 8 heteroatoms. The van der Waals surface area contributed by atoms with Crippen molar-refractivity contribution in [2.75, 3.05) is 26.9 Å². The standard InChI is InChI=1S/C35H31NO7/c1-40-29-20-25(12-14-27(29)43-22-24-10-6-3-7-11-24)32-31(33(37)26-13-15-28-30(21-26)42-19-18-41-28)34(38)35(39)36(32)17-16-23-8-4-2-5-9-23/h2-15,20-21,32,37H,16-19,22H2,1H3/t32-/m0/s1. The van der Waals surface area contributed by atoms with Crippen LogP contribution in [0.25, 0.3) is 5.76 Å². The van der Waals surface area contributed by atoms with Crippen LogP contribution in [0.15, 0.2) is 103 Å². The molecular weight excluding hydrogens is 546 g/mol. The van der Waals surface area contributed by atoms with Crippen LogP contribution in [-0.4, -0.2) is 48.6 Å². The molecule has 4 aromatic rings. The van der Waals surface area contributed by atoms with Crippen molar-refractivity contribution in [2.45, 2.75) is 19.1 Å². The maximum atomic E-state index is 13.6. The Morgan fingerprint density at radius 3 is 2.26 bits per heavy atom. The van der Waals surface area contributed by atoms with Gasteiger partial charge in [-0.3, -0.25) is 9.59 Å². The summed E-state index contributed by atoms with van der Waals surface area (Å²) in [5.41, 5.74) is 2.98. The number of aliphatic hydroxyl groups is 1. The molecule has 0 saturated carbocycles. The van der Waals surface area contributed by atoms with Gasteiger partial charge in [0.25, 0.3) is 11.7 Å².